The predicted octanol–water partition coefficient (Wildman–Crippen LogP) is 2.94. The molecule has 6 atom stereocenters. The molecule has 0 saturated carbocycles. The molecule has 36 heavy (non-hydrogen) atoms. The number of aryl methyl sites for hydroxylation is 2. The molecule has 0 aromatic heterocycles. The van der Waals surface area contributed by atoms with Gasteiger partial charge in [0.1, 0.15) is 6.04 Å². The van der Waals surface area contributed by atoms with Gasteiger partial charge in [0.15, 0.2) is 0 Å². The second kappa shape index (κ2) is 10.1. The number of carbonyl (C=O) groups excluding carboxylic acids is 3. The smallest absolute Gasteiger partial charge is 0.251 e. The second-order valence-corrected chi connectivity index (χ2v) is 11.9. The quantitative estimate of drug-likeness (QED) is 0.516. The van der Waals surface area contributed by atoms with Crippen molar-refractivity contribution in [2.45, 2.75) is 55.7 Å². The number of thioether (sulfide) groups is 1. The van der Waals surface area contributed by atoms with Gasteiger partial charge in [-0.25, -0.2) is 0 Å². The fourth-order valence-electron chi connectivity index (χ4n) is 6.55. The molecule has 7 nitrogen and oxygen atoms in total. The Morgan fingerprint density at radius 1 is 1.22 bits per heavy atom. The number of anilines is 1. The van der Waals surface area contributed by atoms with E-state index in [2.05, 4.69) is 13.2 Å². The molecule has 0 aliphatic carbocycles. The van der Waals surface area contributed by atoms with Gasteiger partial charge >= 0.3 is 0 Å². The summed E-state index contributed by atoms with van der Waals surface area (Å²) < 4.78 is -0.701. The Hall–Kier alpha value is -2.58. The molecule has 8 heteroatoms. The third-order valence-electron chi connectivity index (χ3n) is 8.06. The van der Waals surface area contributed by atoms with Gasteiger partial charge in [-0.05, 0) is 44.7 Å². The summed E-state index contributed by atoms with van der Waals surface area (Å²) in [5, 5.41) is 10.1. The van der Waals surface area contributed by atoms with Crippen LogP contribution in [0.25, 0.3) is 0 Å². The van der Waals surface area contributed by atoms with Gasteiger partial charge in [0.2, 0.25) is 11.8 Å². The van der Waals surface area contributed by atoms with Crippen LogP contribution in [0.1, 0.15) is 30.9 Å². The number of hydrogen-bond acceptors (Lipinski definition) is 5. The molecule has 2 unspecified atom stereocenters. The van der Waals surface area contributed by atoms with Crippen LogP contribution in [0.3, 0.4) is 0 Å². The number of likely N-dealkylation sites (tertiary alicyclic amines) is 1. The monoisotopic (exact) mass is 511 g/mol. The van der Waals surface area contributed by atoms with Gasteiger partial charge < -0.3 is 19.8 Å². The summed E-state index contributed by atoms with van der Waals surface area (Å²) in [6.45, 7) is 13.8. The number of fused-ring (bicyclic) bond motifs is 1. The molecule has 2 bridgehead atoms. The number of rotatable bonds is 9. The molecule has 1 N–H and O–H groups in total. The summed E-state index contributed by atoms with van der Waals surface area (Å²) in [7, 11) is 1.73. The van der Waals surface area contributed by atoms with Crippen LogP contribution in [0, 0.1) is 25.7 Å². The molecule has 3 aliphatic heterocycles. The van der Waals surface area contributed by atoms with Crippen LogP contribution in [0.5, 0.6) is 0 Å². The van der Waals surface area contributed by atoms with Crippen molar-refractivity contribution < 1.29 is 19.5 Å². The summed E-state index contributed by atoms with van der Waals surface area (Å²) >= 11 is 1.64. The molecule has 0 radical (unpaired) electrons. The van der Waals surface area contributed by atoms with Crippen molar-refractivity contribution in [3.63, 3.8) is 0 Å². The lowest BCUT2D eigenvalue weighted by molar-refractivity contribution is -0.144. The number of hydrogen-bond donors (Lipinski definition) is 1. The minimum absolute atomic E-state index is 0.00588. The highest BCUT2D eigenvalue weighted by molar-refractivity contribution is 8.02. The number of likely N-dealkylation sites (N-methyl/N-ethyl adjacent to an activating group) is 1. The summed E-state index contributed by atoms with van der Waals surface area (Å²) in [5.41, 5.74) is 2.75. The van der Waals surface area contributed by atoms with Crippen molar-refractivity contribution in [2.24, 2.45) is 11.8 Å². The first-order valence-corrected chi connectivity index (χ1v) is 13.5. The normalized spacial score (nSPS) is 29.1. The van der Waals surface area contributed by atoms with Gasteiger partial charge in [0.25, 0.3) is 5.91 Å². The first-order valence-electron chi connectivity index (χ1n) is 12.6. The zero-order chi connectivity index (χ0) is 26.4. The van der Waals surface area contributed by atoms with E-state index >= 15 is 0 Å². The van der Waals surface area contributed by atoms with E-state index in [0.29, 0.717) is 19.5 Å². The van der Waals surface area contributed by atoms with Crippen molar-refractivity contribution in [3.05, 3.63) is 54.6 Å². The molecule has 3 heterocycles. The number of amides is 3. The van der Waals surface area contributed by atoms with Crippen LogP contribution in [0.15, 0.2) is 43.5 Å². The zero-order valence-corrected chi connectivity index (χ0v) is 22.5. The maximum Gasteiger partial charge on any atom is 0.251 e. The summed E-state index contributed by atoms with van der Waals surface area (Å²) in [4.78, 5) is 47.0. The Balaban J connectivity index is 1.82. The average molecular weight is 512 g/mol. The summed E-state index contributed by atoms with van der Waals surface area (Å²) in [5.74, 6) is -1.53. The van der Waals surface area contributed by atoms with E-state index in [0.717, 1.165) is 23.2 Å². The van der Waals surface area contributed by atoms with E-state index < -0.39 is 28.7 Å². The van der Waals surface area contributed by atoms with Crippen LogP contribution in [0.4, 0.5) is 5.69 Å². The Morgan fingerprint density at radius 3 is 2.44 bits per heavy atom. The first-order chi connectivity index (χ1) is 17.1. The molecule has 194 valence electrons. The van der Waals surface area contributed by atoms with Crippen LogP contribution < -0.4 is 4.90 Å². The molecular formula is C28H37N3O4S. The number of aliphatic hydroxyl groups excluding tert-OH is 1. The van der Waals surface area contributed by atoms with Crippen molar-refractivity contribution in [1.29, 1.82) is 0 Å². The third kappa shape index (κ3) is 3.89. The van der Waals surface area contributed by atoms with Gasteiger partial charge in [-0.2, -0.15) is 0 Å². The van der Waals surface area contributed by atoms with Crippen molar-refractivity contribution in [2.75, 3.05) is 31.6 Å². The third-order valence-corrected chi connectivity index (χ3v) is 10.0. The Labute approximate surface area is 218 Å². The molecular weight excluding hydrogens is 474 g/mol. The van der Waals surface area contributed by atoms with Crippen LogP contribution in [-0.4, -0.2) is 81.5 Å². The SMILES string of the molecule is C=CCN(C)C(=O)[C@@H]1[C@@H]2CCC3(S2)C(C(=O)N(CC=C)c2c(C)cccc2C)N([C@H](C)CO)C(=O)[C@H]13. The van der Waals surface area contributed by atoms with Crippen LogP contribution in [0.2, 0.25) is 0 Å². The highest BCUT2D eigenvalue weighted by atomic mass is 32.2. The fraction of sp³-hybridized carbons (Fsp3) is 0.536. The first kappa shape index (κ1) is 26.5. The Kier molecular flexibility index (Phi) is 7.40. The van der Waals surface area contributed by atoms with E-state index in [1.54, 1.807) is 52.6 Å². The zero-order valence-electron chi connectivity index (χ0n) is 21.6. The minimum atomic E-state index is -0.770. The standard InChI is InChI=1S/C28H37N3O4S/c1-7-14-29(6)25(33)21-20-12-13-28(36-20)22(21)26(34)31(19(5)16-32)24(28)27(35)30(15-8-2)23-17(3)10-9-11-18(23)4/h7-11,19-22,24,32H,1-2,12-16H2,3-6H3/t19-,20+,21-,22+,24?,28?/m1/s1. The number of aliphatic hydroxyl groups is 1. The van der Waals surface area contributed by atoms with Crippen LogP contribution >= 0.6 is 11.8 Å². The average Bonchev–Trinajstić information content (AvgIpc) is 3.49. The minimum Gasteiger partial charge on any atom is -0.394 e. The van der Waals surface area contributed by atoms with Gasteiger partial charge in [-0.1, -0.05) is 30.4 Å². The lowest BCUT2D eigenvalue weighted by Gasteiger charge is -2.39. The number of para-hydroxylation sites is 1. The highest BCUT2D eigenvalue weighted by Crippen LogP contribution is 2.67. The van der Waals surface area contributed by atoms with E-state index in [9.17, 15) is 19.5 Å². The van der Waals surface area contributed by atoms with E-state index in [1.807, 2.05) is 32.0 Å². The molecule has 3 fully saturated rings. The lowest BCUT2D eigenvalue weighted by atomic mass is 9.70. The molecule has 3 aliphatic rings. The molecule has 3 saturated heterocycles. The molecule has 1 aromatic carbocycles. The maximum atomic E-state index is 14.5. The largest absolute Gasteiger partial charge is 0.394 e. The maximum absolute atomic E-state index is 14.5. The Bertz CT molecular complexity index is 1070. The number of nitrogens with zero attached hydrogens (tertiary/aromatic N) is 3. The molecule has 3 amide bonds. The number of carbonyl (C=O) groups is 3. The summed E-state index contributed by atoms with van der Waals surface area (Å²) in [6, 6.07) is 4.59. The second-order valence-electron chi connectivity index (χ2n) is 10.3. The summed E-state index contributed by atoms with van der Waals surface area (Å²) in [6.07, 6.45) is 4.84. The fourth-order valence-corrected chi connectivity index (χ4v) is 8.74. The van der Waals surface area contributed by atoms with Crippen molar-refractivity contribution >= 4 is 35.2 Å². The molecule has 4 rings (SSSR count). The Morgan fingerprint density at radius 2 is 1.86 bits per heavy atom. The van der Waals surface area contributed by atoms with Crippen LogP contribution in [-0.2, 0) is 14.4 Å². The topological polar surface area (TPSA) is 81.2 Å². The van der Waals surface area contributed by atoms with Crippen molar-refractivity contribution in [3.8, 4) is 0 Å². The van der Waals surface area contributed by atoms with E-state index in [-0.39, 0.29) is 29.6 Å². The van der Waals surface area contributed by atoms with Gasteiger partial charge in [-0.15, -0.1) is 24.9 Å². The van der Waals surface area contributed by atoms with E-state index in [4.69, 9.17) is 0 Å². The molecule has 1 aromatic rings. The predicted molar refractivity (Wildman–Crippen MR) is 144 cm³/mol. The van der Waals surface area contributed by atoms with Gasteiger partial charge in [-0.3, -0.25) is 14.4 Å². The van der Waals surface area contributed by atoms with Gasteiger partial charge in [0.05, 0.1) is 29.2 Å². The lowest BCUT2D eigenvalue weighted by Crippen LogP contribution is -2.57. The molecule has 1 spiro atoms. The number of benzene rings is 1. The van der Waals surface area contributed by atoms with Gasteiger partial charge in [0, 0.05) is 31.1 Å². The highest BCUT2D eigenvalue weighted by Gasteiger charge is 2.74. The van der Waals surface area contributed by atoms with Crippen molar-refractivity contribution in [1.82, 2.24) is 9.80 Å². The van der Waals surface area contributed by atoms with E-state index in [1.165, 1.54) is 0 Å².